The molecule has 8 nitrogen and oxygen atoms in total. The van der Waals surface area contributed by atoms with E-state index in [0.717, 1.165) is 43.0 Å². The average molecular weight is 409 g/mol. The highest BCUT2D eigenvalue weighted by molar-refractivity contribution is 5.98. The second-order valence-corrected chi connectivity index (χ2v) is 7.45. The fourth-order valence-corrected chi connectivity index (χ4v) is 3.69. The van der Waals surface area contributed by atoms with Gasteiger partial charge in [0.2, 0.25) is 0 Å². The van der Waals surface area contributed by atoms with E-state index in [-0.39, 0.29) is 29.3 Å². The molecule has 1 amide bonds. The number of anilines is 3. The van der Waals surface area contributed by atoms with Gasteiger partial charge in [-0.05, 0) is 37.1 Å². The van der Waals surface area contributed by atoms with Crippen LogP contribution in [0, 0.1) is 5.82 Å². The third-order valence-electron chi connectivity index (χ3n) is 5.29. The Balaban J connectivity index is 1.64. The highest BCUT2D eigenvalue weighted by atomic mass is 19.1. The minimum absolute atomic E-state index is 0.0401. The summed E-state index contributed by atoms with van der Waals surface area (Å²) >= 11 is 0. The maximum absolute atomic E-state index is 14.6. The molecule has 7 N–H and O–H groups in total. The largest absolute Gasteiger partial charge is 0.365 e. The molecule has 0 bridgehead atoms. The number of pyridine rings is 2. The van der Waals surface area contributed by atoms with Crippen LogP contribution in [0.15, 0.2) is 42.9 Å². The first-order chi connectivity index (χ1) is 14.5. The number of carbonyl (C=O) groups excluding carboxylic acids is 1. The lowest BCUT2D eigenvalue weighted by atomic mass is 9.91. The lowest BCUT2D eigenvalue weighted by Crippen LogP contribution is -2.43. The summed E-state index contributed by atoms with van der Waals surface area (Å²) in [5.74, 6) is -1.23. The lowest BCUT2D eigenvalue weighted by Gasteiger charge is -2.30. The number of nitrogens with two attached hydrogens (primary N) is 2. The number of H-pyrrole nitrogens is 1. The number of halogens is 1. The van der Waals surface area contributed by atoms with Crippen LogP contribution in [0.5, 0.6) is 0 Å². The summed E-state index contributed by atoms with van der Waals surface area (Å²) in [6.07, 6.45) is 8.91. The monoisotopic (exact) mass is 409 g/mol. The van der Waals surface area contributed by atoms with Crippen LogP contribution in [0.4, 0.5) is 21.7 Å². The minimum Gasteiger partial charge on any atom is -0.365 e. The van der Waals surface area contributed by atoms with Crippen molar-refractivity contribution in [1.29, 1.82) is 0 Å². The van der Waals surface area contributed by atoms with Crippen LogP contribution < -0.4 is 22.1 Å². The van der Waals surface area contributed by atoms with Crippen molar-refractivity contribution >= 4 is 23.2 Å². The third kappa shape index (κ3) is 4.25. The zero-order chi connectivity index (χ0) is 21.1. The Morgan fingerprint density at radius 1 is 1.20 bits per heavy atom. The van der Waals surface area contributed by atoms with Gasteiger partial charge < -0.3 is 27.1 Å². The number of carbonyl (C=O) groups is 1. The number of aromatic nitrogens is 3. The number of aromatic amines is 1. The molecule has 0 radical (unpaired) electrons. The van der Waals surface area contributed by atoms with Gasteiger partial charge in [0, 0.05) is 35.7 Å². The van der Waals surface area contributed by atoms with Crippen LogP contribution in [-0.2, 0) is 0 Å². The van der Waals surface area contributed by atoms with E-state index >= 15 is 0 Å². The first-order valence-electron chi connectivity index (χ1n) is 9.89. The van der Waals surface area contributed by atoms with Crippen LogP contribution in [0.2, 0.25) is 0 Å². The van der Waals surface area contributed by atoms with Crippen molar-refractivity contribution in [2.45, 2.75) is 37.8 Å². The Hall–Kier alpha value is -3.46. The van der Waals surface area contributed by atoms with Gasteiger partial charge in [-0.15, -0.1) is 0 Å². The molecule has 2 atom stereocenters. The number of rotatable bonds is 6. The minimum atomic E-state index is -0.779. The fourth-order valence-electron chi connectivity index (χ4n) is 3.69. The van der Waals surface area contributed by atoms with Gasteiger partial charge in [-0.1, -0.05) is 12.8 Å². The Bertz CT molecular complexity index is 1040. The van der Waals surface area contributed by atoms with Gasteiger partial charge >= 0.3 is 0 Å². The SMILES string of the molecule is NC(=O)c1cc(F)c(N[C@@H]2CCCC[C@@H]2N)nc1Nc1cncc(-c2ccc[nH]2)c1. The standard InChI is InChI=1S/C21H24FN7O/c22-15-9-14(19(24)30)20(29-21(15)28-18-5-2-1-4-16(18)23)27-13-8-12(10-25-11-13)17-6-3-7-26-17/h3,6-11,16,18,26H,1-2,4-5,23H2,(H2,24,30)(H2,27,28,29)/t16-,18+/m0/s1. The smallest absolute Gasteiger partial charge is 0.252 e. The topological polar surface area (TPSA) is 135 Å². The van der Waals surface area contributed by atoms with Gasteiger partial charge in [0.1, 0.15) is 5.82 Å². The molecule has 3 heterocycles. The van der Waals surface area contributed by atoms with Crippen molar-refractivity contribution in [2.24, 2.45) is 11.5 Å². The van der Waals surface area contributed by atoms with E-state index in [9.17, 15) is 9.18 Å². The van der Waals surface area contributed by atoms with E-state index in [1.165, 1.54) is 0 Å². The van der Waals surface area contributed by atoms with Gasteiger partial charge in [0.05, 0.1) is 17.4 Å². The number of nitrogens with zero attached hydrogens (tertiary/aromatic N) is 2. The van der Waals surface area contributed by atoms with Crippen LogP contribution in [0.1, 0.15) is 36.0 Å². The summed E-state index contributed by atoms with van der Waals surface area (Å²) in [7, 11) is 0. The van der Waals surface area contributed by atoms with Crippen LogP contribution >= 0.6 is 0 Å². The molecule has 3 aromatic rings. The molecule has 1 fully saturated rings. The molecule has 30 heavy (non-hydrogen) atoms. The highest BCUT2D eigenvalue weighted by Gasteiger charge is 2.24. The van der Waals surface area contributed by atoms with Gasteiger partial charge in [0.15, 0.2) is 11.6 Å². The average Bonchev–Trinajstić information content (AvgIpc) is 3.27. The maximum atomic E-state index is 14.6. The number of hydrogen-bond donors (Lipinski definition) is 5. The van der Waals surface area contributed by atoms with Crippen molar-refractivity contribution in [3.05, 3.63) is 54.2 Å². The summed E-state index contributed by atoms with van der Waals surface area (Å²) in [6.45, 7) is 0. The molecule has 1 saturated carbocycles. The number of primary amides is 1. The summed E-state index contributed by atoms with van der Waals surface area (Å²) < 4.78 is 14.6. The quantitative estimate of drug-likeness (QED) is 0.424. The molecule has 9 heteroatoms. The zero-order valence-electron chi connectivity index (χ0n) is 16.4. The van der Waals surface area contributed by atoms with Crippen molar-refractivity contribution < 1.29 is 9.18 Å². The summed E-state index contributed by atoms with van der Waals surface area (Å²) in [6, 6.07) is 6.59. The third-order valence-corrected chi connectivity index (χ3v) is 5.29. The van der Waals surface area contributed by atoms with Gasteiger partial charge in [-0.2, -0.15) is 0 Å². The summed E-state index contributed by atoms with van der Waals surface area (Å²) in [4.78, 5) is 23.5. The maximum Gasteiger partial charge on any atom is 0.252 e. The molecule has 0 unspecified atom stereocenters. The highest BCUT2D eigenvalue weighted by Crippen LogP contribution is 2.28. The first-order valence-corrected chi connectivity index (χ1v) is 9.89. The normalized spacial score (nSPS) is 18.7. The van der Waals surface area contributed by atoms with E-state index in [1.54, 1.807) is 12.4 Å². The Kier molecular flexibility index (Phi) is 5.62. The molecular weight excluding hydrogens is 385 g/mol. The van der Waals surface area contributed by atoms with Crippen molar-refractivity contribution in [3.63, 3.8) is 0 Å². The lowest BCUT2D eigenvalue weighted by molar-refractivity contribution is 0.100. The molecule has 0 saturated heterocycles. The van der Waals surface area contributed by atoms with Gasteiger partial charge in [0.25, 0.3) is 5.91 Å². The molecule has 156 valence electrons. The van der Waals surface area contributed by atoms with Gasteiger partial charge in [-0.25, -0.2) is 9.37 Å². The second-order valence-electron chi connectivity index (χ2n) is 7.45. The molecule has 1 aliphatic rings. The van der Waals surface area contributed by atoms with E-state index in [0.29, 0.717) is 5.69 Å². The van der Waals surface area contributed by atoms with Gasteiger partial charge in [-0.3, -0.25) is 9.78 Å². The zero-order valence-corrected chi connectivity index (χ0v) is 16.4. The summed E-state index contributed by atoms with van der Waals surface area (Å²) in [5, 5.41) is 6.15. The van der Waals surface area contributed by atoms with E-state index in [1.807, 2.05) is 24.4 Å². The number of amides is 1. The summed E-state index contributed by atoms with van der Waals surface area (Å²) in [5.41, 5.74) is 13.9. The predicted molar refractivity (Wildman–Crippen MR) is 114 cm³/mol. The number of nitrogens with one attached hydrogen (secondary N) is 3. The number of hydrogen-bond acceptors (Lipinski definition) is 6. The molecule has 4 rings (SSSR count). The molecule has 0 aliphatic heterocycles. The van der Waals surface area contributed by atoms with Crippen LogP contribution in [0.3, 0.4) is 0 Å². The van der Waals surface area contributed by atoms with E-state index in [4.69, 9.17) is 11.5 Å². The molecule has 0 aromatic carbocycles. The molecule has 0 spiro atoms. The second kappa shape index (κ2) is 8.50. The van der Waals surface area contributed by atoms with Crippen molar-refractivity contribution in [2.75, 3.05) is 10.6 Å². The van der Waals surface area contributed by atoms with Crippen LogP contribution in [0.25, 0.3) is 11.3 Å². The van der Waals surface area contributed by atoms with E-state index in [2.05, 4.69) is 25.6 Å². The molecule has 1 aliphatic carbocycles. The Labute approximate surface area is 173 Å². The Morgan fingerprint density at radius 2 is 2.03 bits per heavy atom. The van der Waals surface area contributed by atoms with Crippen LogP contribution in [-0.4, -0.2) is 32.9 Å². The van der Waals surface area contributed by atoms with Crippen molar-refractivity contribution in [1.82, 2.24) is 15.0 Å². The van der Waals surface area contributed by atoms with E-state index < -0.39 is 11.7 Å². The fraction of sp³-hybridized carbons (Fsp3) is 0.286. The molecular formula is C21H24FN7O. The molecule has 3 aromatic heterocycles. The first kappa shape index (κ1) is 19.8. The Morgan fingerprint density at radius 3 is 2.77 bits per heavy atom. The predicted octanol–water partition coefficient (Wildman–Crippen LogP) is 3.14. The van der Waals surface area contributed by atoms with Crippen molar-refractivity contribution in [3.8, 4) is 11.3 Å².